The third-order valence-corrected chi connectivity index (χ3v) is 5.15. The molecule has 2 aromatic rings. The van der Waals surface area contributed by atoms with Gasteiger partial charge in [-0.2, -0.15) is 5.26 Å². The first kappa shape index (κ1) is 15.1. The van der Waals surface area contributed by atoms with Gasteiger partial charge in [0, 0.05) is 23.0 Å². The molecule has 3 rings (SSSR count). The van der Waals surface area contributed by atoms with E-state index in [1.165, 1.54) is 24.3 Å². The highest BCUT2D eigenvalue weighted by Gasteiger charge is 2.12. The molecule has 1 aromatic heterocycles. The summed E-state index contributed by atoms with van der Waals surface area (Å²) < 4.78 is 0. The highest BCUT2D eigenvalue weighted by molar-refractivity contribution is 7.17. The van der Waals surface area contributed by atoms with Crippen LogP contribution in [0.3, 0.4) is 0 Å². The van der Waals surface area contributed by atoms with Gasteiger partial charge in [0.1, 0.15) is 0 Å². The fourth-order valence-corrected chi connectivity index (χ4v) is 3.87. The quantitative estimate of drug-likeness (QED) is 0.700. The second kappa shape index (κ2) is 7.00. The van der Waals surface area contributed by atoms with E-state index in [2.05, 4.69) is 23.1 Å². The topological polar surface area (TPSA) is 27.0 Å². The lowest BCUT2D eigenvalue weighted by atomic mass is 10.1. The molecular formula is C18H17ClN2S. The SMILES string of the molecule is N#CC(=Cc1ccc(N2CCCCC2)s1)c1cccc(Cl)c1. The van der Waals surface area contributed by atoms with E-state index in [1.807, 2.05) is 30.3 Å². The molecule has 0 saturated carbocycles. The smallest absolute Gasteiger partial charge is 0.0998 e. The van der Waals surface area contributed by atoms with Gasteiger partial charge in [0.15, 0.2) is 0 Å². The van der Waals surface area contributed by atoms with Crippen LogP contribution in [-0.4, -0.2) is 13.1 Å². The molecule has 1 aliphatic heterocycles. The number of anilines is 1. The highest BCUT2D eigenvalue weighted by Crippen LogP contribution is 2.31. The maximum absolute atomic E-state index is 9.42. The number of thiophene rings is 1. The molecular weight excluding hydrogens is 312 g/mol. The average molecular weight is 329 g/mol. The number of nitrogens with zero attached hydrogens (tertiary/aromatic N) is 2. The Hall–Kier alpha value is -1.76. The van der Waals surface area contributed by atoms with Gasteiger partial charge in [-0.3, -0.25) is 0 Å². The van der Waals surface area contributed by atoms with Crippen molar-refractivity contribution in [2.45, 2.75) is 19.3 Å². The number of piperidine rings is 1. The summed E-state index contributed by atoms with van der Waals surface area (Å²) in [6, 6.07) is 14.0. The van der Waals surface area contributed by atoms with E-state index < -0.39 is 0 Å². The summed E-state index contributed by atoms with van der Waals surface area (Å²) in [4.78, 5) is 3.55. The molecule has 22 heavy (non-hydrogen) atoms. The zero-order valence-corrected chi connectivity index (χ0v) is 13.8. The van der Waals surface area contributed by atoms with E-state index in [-0.39, 0.29) is 0 Å². The molecule has 0 unspecified atom stereocenters. The lowest BCUT2D eigenvalue weighted by molar-refractivity contribution is 0.580. The van der Waals surface area contributed by atoms with Gasteiger partial charge in [-0.25, -0.2) is 0 Å². The van der Waals surface area contributed by atoms with Crippen LogP contribution in [0, 0.1) is 11.3 Å². The van der Waals surface area contributed by atoms with Crippen LogP contribution in [0.5, 0.6) is 0 Å². The number of rotatable bonds is 3. The molecule has 112 valence electrons. The molecule has 0 aliphatic carbocycles. The summed E-state index contributed by atoms with van der Waals surface area (Å²) in [5, 5.41) is 11.4. The Morgan fingerprint density at radius 2 is 2.00 bits per heavy atom. The van der Waals surface area contributed by atoms with Gasteiger partial charge < -0.3 is 4.90 Å². The third kappa shape index (κ3) is 3.52. The summed E-state index contributed by atoms with van der Waals surface area (Å²) in [5.74, 6) is 0. The zero-order valence-electron chi connectivity index (χ0n) is 12.3. The Kier molecular flexibility index (Phi) is 4.82. The van der Waals surface area contributed by atoms with E-state index in [4.69, 9.17) is 11.6 Å². The van der Waals surface area contributed by atoms with Crippen molar-refractivity contribution in [1.82, 2.24) is 0 Å². The molecule has 0 amide bonds. The number of allylic oxidation sites excluding steroid dienone is 1. The Morgan fingerprint density at radius 3 is 2.73 bits per heavy atom. The monoisotopic (exact) mass is 328 g/mol. The second-order valence-corrected chi connectivity index (χ2v) is 6.93. The predicted octanol–water partition coefficient (Wildman–Crippen LogP) is 5.46. The van der Waals surface area contributed by atoms with E-state index in [0.717, 1.165) is 23.5 Å². The van der Waals surface area contributed by atoms with Crippen molar-refractivity contribution in [3.8, 4) is 6.07 Å². The molecule has 1 saturated heterocycles. The van der Waals surface area contributed by atoms with Gasteiger partial charge in [0.2, 0.25) is 0 Å². The molecule has 4 heteroatoms. The minimum atomic E-state index is 0.648. The van der Waals surface area contributed by atoms with Gasteiger partial charge in [-0.15, -0.1) is 11.3 Å². The normalized spacial score (nSPS) is 15.6. The summed E-state index contributed by atoms with van der Waals surface area (Å²) in [6.07, 6.45) is 5.83. The van der Waals surface area contributed by atoms with Crippen LogP contribution in [0.15, 0.2) is 36.4 Å². The van der Waals surface area contributed by atoms with Gasteiger partial charge in [0.05, 0.1) is 16.6 Å². The molecule has 0 bridgehead atoms. The summed E-state index contributed by atoms with van der Waals surface area (Å²) in [7, 11) is 0. The van der Waals surface area contributed by atoms with Crippen LogP contribution in [0.1, 0.15) is 29.7 Å². The van der Waals surface area contributed by atoms with Crippen molar-refractivity contribution in [2.75, 3.05) is 18.0 Å². The number of hydrogen-bond donors (Lipinski definition) is 0. The number of hydrogen-bond acceptors (Lipinski definition) is 3. The Balaban J connectivity index is 1.84. The van der Waals surface area contributed by atoms with Crippen LogP contribution in [0.25, 0.3) is 11.6 Å². The minimum Gasteiger partial charge on any atom is -0.363 e. The summed E-state index contributed by atoms with van der Waals surface area (Å²) in [6.45, 7) is 2.28. The predicted molar refractivity (Wildman–Crippen MR) is 95.3 cm³/mol. The molecule has 1 fully saturated rings. The highest BCUT2D eigenvalue weighted by atomic mass is 35.5. The lowest BCUT2D eigenvalue weighted by Crippen LogP contribution is -2.28. The molecule has 0 N–H and O–H groups in total. The zero-order chi connectivity index (χ0) is 15.4. The molecule has 2 nitrogen and oxygen atoms in total. The van der Waals surface area contributed by atoms with Crippen LogP contribution in [0.2, 0.25) is 5.02 Å². The number of nitriles is 1. The van der Waals surface area contributed by atoms with E-state index in [0.29, 0.717) is 10.6 Å². The number of benzene rings is 1. The minimum absolute atomic E-state index is 0.648. The lowest BCUT2D eigenvalue weighted by Gasteiger charge is -2.27. The Morgan fingerprint density at radius 1 is 1.18 bits per heavy atom. The maximum Gasteiger partial charge on any atom is 0.0998 e. The standard InChI is InChI=1S/C18H17ClN2S/c19-16-6-4-5-14(11-16)15(13-20)12-17-7-8-18(22-17)21-9-2-1-3-10-21/h4-8,11-12H,1-3,9-10H2. The van der Waals surface area contributed by atoms with Gasteiger partial charge in [0.25, 0.3) is 0 Å². The molecule has 0 atom stereocenters. The summed E-state index contributed by atoms with van der Waals surface area (Å²) in [5.41, 5.74) is 1.51. The fourth-order valence-electron chi connectivity index (χ4n) is 2.68. The molecule has 1 aromatic carbocycles. The van der Waals surface area contributed by atoms with Gasteiger partial charge in [-0.05, 0) is 55.2 Å². The van der Waals surface area contributed by atoms with Crippen molar-refractivity contribution in [3.05, 3.63) is 51.9 Å². The van der Waals surface area contributed by atoms with E-state index >= 15 is 0 Å². The first-order chi connectivity index (χ1) is 10.8. The maximum atomic E-state index is 9.42. The third-order valence-electron chi connectivity index (χ3n) is 3.82. The van der Waals surface area contributed by atoms with Crippen molar-refractivity contribution in [1.29, 1.82) is 5.26 Å². The molecule has 2 heterocycles. The van der Waals surface area contributed by atoms with Crippen molar-refractivity contribution >= 4 is 39.6 Å². The summed E-state index contributed by atoms with van der Waals surface area (Å²) >= 11 is 7.76. The Bertz CT molecular complexity index is 721. The van der Waals surface area contributed by atoms with E-state index in [1.54, 1.807) is 11.3 Å². The molecule has 0 radical (unpaired) electrons. The second-order valence-electron chi connectivity index (χ2n) is 5.40. The van der Waals surface area contributed by atoms with Crippen LogP contribution < -0.4 is 4.90 Å². The number of halogens is 1. The first-order valence-corrected chi connectivity index (χ1v) is 8.68. The first-order valence-electron chi connectivity index (χ1n) is 7.49. The molecule has 0 spiro atoms. The van der Waals surface area contributed by atoms with Crippen LogP contribution in [-0.2, 0) is 0 Å². The average Bonchev–Trinajstić information content (AvgIpc) is 3.02. The van der Waals surface area contributed by atoms with Gasteiger partial charge in [-0.1, -0.05) is 23.7 Å². The van der Waals surface area contributed by atoms with Gasteiger partial charge >= 0.3 is 0 Å². The van der Waals surface area contributed by atoms with Crippen LogP contribution >= 0.6 is 22.9 Å². The molecule has 1 aliphatic rings. The van der Waals surface area contributed by atoms with E-state index in [9.17, 15) is 5.26 Å². The fraction of sp³-hybridized carbons (Fsp3) is 0.278. The van der Waals surface area contributed by atoms with Crippen molar-refractivity contribution < 1.29 is 0 Å². The Labute approximate surface area is 140 Å². The van der Waals surface area contributed by atoms with Crippen LogP contribution in [0.4, 0.5) is 5.00 Å². The van der Waals surface area contributed by atoms with Crippen molar-refractivity contribution in [2.24, 2.45) is 0 Å². The largest absolute Gasteiger partial charge is 0.363 e. The van der Waals surface area contributed by atoms with Crippen molar-refractivity contribution in [3.63, 3.8) is 0 Å².